The molecule has 0 saturated carbocycles. The molecule has 21 heavy (non-hydrogen) atoms. The standard InChI is InChI=1S/C14H20ClN3O2.HI/c1-10(13(19)20-3)8-17-14(16-2)18-9-11-4-6-12(15)7-5-11;/h4-7,10H,8-9H2,1-3H3,(H2,16,17,18);1H. The predicted molar refractivity (Wildman–Crippen MR) is 96.2 cm³/mol. The van der Waals surface area contributed by atoms with Gasteiger partial charge in [0, 0.05) is 25.2 Å². The Balaban J connectivity index is 0.00000400. The number of nitrogens with one attached hydrogen (secondary N) is 2. The summed E-state index contributed by atoms with van der Waals surface area (Å²) in [5.41, 5.74) is 1.10. The number of carbonyl (C=O) groups is 1. The largest absolute Gasteiger partial charge is 0.469 e. The smallest absolute Gasteiger partial charge is 0.310 e. The van der Waals surface area contributed by atoms with E-state index in [4.69, 9.17) is 11.6 Å². The van der Waals surface area contributed by atoms with Gasteiger partial charge in [-0.3, -0.25) is 9.79 Å². The Labute approximate surface area is 147 Å². The van der Waals surface area contributed by atoms with E-state index in [0.29, 0.717) is 24.1 Å². The number of nitrogens with zero attached hydrogens (tertiary/aromatic N) is 1. The summed E-state index contributed by atoms with van der Waals surface area (Å²) in [7, 11) is 3.06. The van der Waals surface area contributed by atoms with Gasteiger partial charge < -0.3 is 15.4 Å². The Hall–Kier alpha value is -1.02. The first-order chi connectivity index (χ1) is 9.56. The van der Waals surface area contributed by atoms with Crippen LogP contribution in [0.4, 0.5) is 0 Å². The maximum absolute atomic E-state index is 11.3. The van der Waals surface area contributed by atoms with E-state index in [-0.39, 0.29) is 35.9 Å². The van der Waals surface area contributed by atoms with Gasteiger partial charge in [0.1, 0.15) is 0 Å². The van der Waals surface area contributed by atoms with E-state index in [1.165, 1.54) is 7.11 Å². The van der Waals surface area contributed by atoms with Crippen LogP contribution >= 0.6 is 35.6 Å². The van der Waals surface area contributed by atoms with Crippen molar-refractivity contribution in [3.63, 3.8) is 0 Å². The first kappa shape index (κ1) is 20.0. The van der Waals surface area contributed by atoms with Gasteiger partial charge in [-0.05, 0) is 17.7 Å². The lowest BCUT2D eigenvalue weighted by atomic mass is 10.2. The van der Waals surface area contributed by atoms with Crippen molar-refractivity contribution in [2.24, 2.45) is 10.9 Å². The van der Waals surface area contributed by atoms with Crippen molar-refractivity contribution in [2.45, 2.75) is 13.5 Å². The van der Waals surface area contributed by atoms with Crippen molar-refractivity contribution >= 4 is 47.5 Å². The number of carbonyl (C=O) groups excluding carboxylic acids is 1. The molecule has 7 heteroatoms. The van der Waals surface area contributed by atoms with Crippen LogP contribution in [-0.2, 0) is 16.1 Å². The third-order valence-corrected chi connectivity index (χ3v) is 3.03. The van der Waals surface area contributed by atoms with Crippen molar-refractivity contribution in [3.8, 4) is 0 Å². The Morgan fingerprint density at radius 3 is 2.48 bits per heavy atom. The Bertz CT molecular complexity index is 466. The van der Waals surface area contributed by atoms with Crippen LogP contribution in [0.3, 0.4) is 0 Å². The molecule has 0 aliphatic carbocycles. The minimum absolute atomic E-state index is 0. The zero-order valence-corrected chi connectivity index (χ0v) is 15.4. The fraction of sp³-hybridized carbons (Fsp3) is 0.429. The van der Waals surface area contributed by atoms with Crippen LogP contribution in [0.2, 0.25) is 5.02 Å². The molecule has 1 rings (SSSR count). The zero-order chi connectivity index (χ0) is 15.0. The van der Waals surface area contributed by atoms with Gasteiger partial charge in [0.25, 0.3) is 0 Å². The van der Waals surface area contributed by atoms with Crippen LogP contribution in [0, 0.1) is 5.92 Å². The fourth-order valence-electron chi connectivity index (χ4n) is 1.54. The molecule has 0 amide bonds. The van der Waals surface area contributed by atoms with Gasteiger partial charge in [-0.2, -0.15) is 0 Å². The SMILES string of the molecule is CN=C(NCc1ccc(Cl)cc1)NCC(C)C(=O)OC.I. The molecule has 0 bridgehead atoms. The zero-order valence-electron chi connectivity index (χ0n) is 12.4. The summed E-state index contributed by atoms with van der Waals surface area (Å²) in [6.07, 6.45) is 0. The number of aliphatic imine (C=N–C) groups is 1. The molecule has 0 aromatic heterocycles. The molecule has 1 aromatic rings. The molecule has 0 aliphatic heterocycles. The van der Waals surface area contributed by atoms with Crippen molar-refractivity contribution in [1.82, 2.24) is 10.6 Å². The maximum Gasteiger partial charge on any atom is 0.310 e. The van der Waals surface area contributed by atoms with Crippen molar-refractivity contribution in [3.05, 3.63) is 34.9 Å². The number of benzene rings is 1. The van der Waals surface area contributed by atoms with Gasteiger partial charge in [-0.25, -0.2) is 0 Å². The summed E-state index contributed by atoms with van der Waals surface area (Å²) in [5, 5.41) is 6.95. The summed E-state index contributed by atoms with van der Waals surface area (Å²) >= 11 is 5.83. The highest BCUT2D eigenvalue weighted by Crippen LogP contribution is 2.09. The molecule has 0 fully saturated rings. The van der Waals surface area contributed by atoms with Crippen LogP contribution in [0.5, 0.6) is 0 Å². The highest BCUT2D eigenvalue weighted by molar-refractivity contribution is 14.0. The third kappa shape index (κ3) is 7.52. The lowest BCUT2D eigenvalue weighted by molar-refractivity contribution is -0.144. The second-order valence-corrected chi connectivity index (χ2v) is 4.79. The highest BCUT2D eigenvalue weighted by Gasteiger charge is 2.13. The second-order valence-electron chi connectivity index (χ2n) is 4.36. The summed E-state index contributed by atoms with van der Waals surface area (Å²) in [4.78, 5) is 15.4. The average Bonchev–Trinajstić information content (AvgIpc) is 2.48. The van der Waals surface area contributed by atoms with Crippen LogP contribution in [-0.4, -0.2) is 32.6 Å². The summed E-state index contributed by atoms with van der Waals surface area (Å²) in [5.74, 6) is 0.162. The molecule has 0 saturated heterocycles. The molecule has 118 valence electrons. The van der Waals surface area contributed by atoms with Gasteiger partial charge in [0.05, 0.1) is 13.0 Å². The first-order valence-electron chi connectivity index (χ1n) is 6.33. The molecular formula is C14H21ClIN3O2. The van der Waals surface area contributed by atoms with Crippen molar-refractivity contribution < 1.29 is 9.53 Å². The number of methoxy groups -OCH3 is 1. The molecule has 1 aromatic carbocycles. The maximum atomic E-state index is 11.3. The molecule has 0 heterocycles. The second kappa shape index (κ2) is 10.7. The first-order valence-corrected chi connectivity index (χ1v) is 6.71. The van der Waals surface area contributed by atoms with E-state index in [0.717, 1.165) is 5.56 Å². The fourth-order valence-corrected chi connectivity index (χ4v) is 1.67. The van der Waals surface area contributed by atoms with E-state index in [1.807, 2.05) is 24.3 Å². The average molecular weight is 426 g/mol. The number of ether oxygens (including phenoxy) is 1. The van der Waals surface area contributed by atoms with E-state index < -0.39 is 0 Å². The number of rotatable bonds is 5. The van der Waals surface area contributed by atoms with Gasteiger partial charge >= 0.3 is 5.97 Å². The lowest BCUT2D eigenvalue weighted by Gasteiger charge is -2.14. The third-order valence-electron chi connectivity index (χ3n) is 2.78. The minimum Gasteiger partial charge on any atom is -0.469 e. The monoisotopic (exact) mass is 425 g/mol. The molecule has 1 unspecified atom stereocenters. The molecule has 5 nitrogen and oxygen atoms in total. The van der Waals surface area contributed by atoms with E-state index in [2.05, 4.69) is 20.4 Å². The van der Waals surface area contributed by atoms with Crippen molar-refractivity contribution in [2.75, 3.05) is 20.7 Å². The Morgan fingerprint density at radius 1 is 1.33 bits per heavy atom. The number of guanidine groups is 1. The topological polar surface area (TPSA) is 62.7 Å². The quantitative estimate of drug-likeness (QED) is 0.329. The van der Waals surface area contributed by atoms with Gasteiger partial charge in [-0.1, -0.05) is 30.7 Å². The summed E-state index contributed by atoms with van der Waals surface area (Å²) in [6, 6.07) is 7.57. The summed E-state index contributed by atoms with van der Waals surface area (Å²) < 4.78 is 4.67. The molecule has 0 spiro atoms. The number of halogens is 2. The van der Waals surface area contributed by atoms with Crippen molar-refractivity contribution in [1.29, 1.82) is 0 Å². The predicted octanol–water partition coefficient (Wildman–Crippen LogP) is 2.43. The van der Waals surface area contributed by atoms with E-state index in [9.17, 15) is 4.79 Å². The van der Waals surface area contributed by atoms with Crippen LogP contribution in [0.25, 0.3) is 0 Å². The molecule has 0 aliphatic rings. The van der Waals surface area contributed by atoms with E-state index in [1.54, 1.807) is 14.0 Å². The Morgan fingerprint density at radius 2 is 1.95 bits per heavy atom. The summed E-state index contributed by atoms with van der Waals surface area (Å²) in [6.45, 7) is 2.89. The van der Waals surface area contributed by atoms with Crippen LogP contribution in [0.1, 0.15) is 12.5 Å². The number of esters is 1. The molecular weight excluding hydrogens is 405 g/mol. The molecule has 0 radical (unpaired) electrons. The lowest BCUT2D eigenvalue weighted by Crippen LogP contribution is -2.40. The molecule has 2 N–H and O–H groups in total. The number of hydrogen-bond donors (Lipinski definition) is 2. The number of hydrogen-bond acceptors (Lipinski definition) is 3. The van der Waals surface area contributed by atoms with Gasteiger partial charge in [0.2, 0.25) is 0 Å². The minimum atomic E-state index is -0.245. The molecule has 1 atom stereocenters. The van der Waals surface area contributed by atoms with Crippen LogP contribution < -0.4 is 10.6 Å². The normalized spacial score (nSPS) is 12.1. The Kier molecular flexibility index (Phi) is 10.2. The highest BCUT2D eigenvalue weighted by atomic mass is 127. The van der Waals surface area contributed by atoms with Gasteiger partial charge in [0.15, 0.2) is 5.96 Å². The van der Waals surface area contributed by atoms with Gasteiger partial charge in [-0.15, -0.1) is 24.0 Å². The van der Waals surface area contributed by atoms with E-state index >= 15 is 0 Å². The van der Waals surface area contributed by atoms with Crippen LogP contribution in [0.15, 0.2) is 29.3 Å².